The highest BCUT2D eigenvalue weighted by atomic mass is 16.2. The van der Waals surface area contributed by atoms with Gasteiger partial charge in [0, 0.05) is 0 Å². The summed E-state index contributed by atoms with van der Waals surface area (Å²) >= 11 is 0. The SMILES string of the molecule is C#CC(CCC)NC(=O)[C@H](N)C(C)C. The first-order valence-corrected chi connectivity index (χ1v) is 5.05. The molecular formula is C11H20N2O. The smallest absolute Gasteiger partial charge is 0.238 e. The molecule has 3 nitrogen and oxygen atoms in total. The average Bonchev–Trinajstić information content (AvgIpc) is 2.15. The van der Waals surface area contributed by atoms with E-state index in [1.54, 1.807) is 0 Å². The Labute approximate surface area is 86.4 Å². The number of hydrogen-bond acceptors (Lipinski definition) is 2. The maximum atomic E-state index is 11.5. The van der Waals surface area contributed by atoms with Crippen LogP contribution < -0.4 is 11.1 Å². The Morgan fingerprint density at radius 1 is 1.57 bits per heavy atom. The number of nitrogens with two attached hydrogens (primary N) is 1. The maximum absolute atomic E-state index is 11.5. The Morgan fingerprint density at radius 3 is 2.50 bits per heavy atom. The molecule has 0 bridgehead atoms. The monoisotopic (exact) mass is 196 g/mol. The lowest BCUT2D eigenvalue weighted by atomic mass is 10.0. The maximum Gasteiger partial charge on any atom is 0.238 e. The number of nitrogens with one attached hydrogen (secondary N) is 1. The van der Waals surface area contributed by atoms with E-state index in [0.29, 0.717) is 0 Å². The van der Waals surface area contributed by atoms with E-state index in [0.717, 1.165) is 12.8 Å². The highest BCUT2D eigenvalue weighted by Gasteiger charge is 2.18. The minimum absolute atomic E-state index is 0.134. The fraction of sp³-hybridized carbons (Fsp3) is 0.727. The third kappa shape index (κ3) is 4.29. The van der Waals surface area contributed by atoms with E-state index < -0.39 is 6.04 Å². The minimum Gasteiger partial charge on any atom is -0.341 e. The highest BCUT2D eigenvalue weighted by molar-refractivity contribution is 5.82. The number of amides is 1. The lowest BCUT2D eigenvalue weighted by molar-refractivity contribution is -0.123. The second kappa shape index (κ2) is 6.44. The van der Waals surface area contributed by atoms with Crippen LogP contribution >= 0.6 is 0 Å². The van der Waals surface area contributed by atoms with Crippen molar-refractivity contribution >= 4 is 5.91 Å². The predicted octanol–water partition coefficient (Wildman–Crippen LogP) is 0.888. The van der Waals surface area contributed by atoms with E-state index in [-0.39, 0.29) is 17.9 Å². The highest BCUT2D eigenvalue weighted by Crippen LogP contribution is 2.00. The quantitative estimate of drug-likeness (QED) is 0.642. The van der Waals surface area contributed by atoms with E-state index in [9.17, 15) is 4.79 Å². The molecule has 0 aliphatic rings. The largest absolute Gasteiger partial charge is 0.341 e. The zero-order chi connectivity index (χ0) is 11.1. The zero-order valence-electron chi connectivity index (χ0n) is 9.21. The molecule has 1 unspecified atom stereocenters. The molecule has 0 aliphatic heterocycles. The summed E-state index contributed by atoms with van der Waals surface area (Å²) < 4.78 is 0. The van der Waals surface area contributed by atoms with E-state index >= 15 is 0 Å². The van der Waals surface area contributed by atoms with Gasteiger partial charge in [0.25, 0.3) is 0 Å². The molecule has 80 valence electrons. The number of hydrogen-bond donors (Lipinski definition) is 2. The number of terminal acetylenes is 1. The summed E-state index contributed by atoms with van der Waals surface area (Å²) in [6.07, 6.45) is 7.03. The lowest BCUT2D eigenvalue weighted by Gasteiger charge is -2.18. The Kier molecular flexibility index (Phi) is 5.98. The number of carbonyl (C=O) groups excluding carboxylic acids is 1. The Bertz CT molecular complexity index is 218. The summed E-state index contributed by atoms with van der Waals surface area (Å²) in [6, 6.07) is -0.653. The van der Waals surface area contributed by atoms with Crippen LogP contribution in [0.5, 0.6) is 0 Å². The average molecular weight is 196 g/mol. The van der Waals surface area contributed by atoms with E-state index in [2.05, 4.69) is 11.2 Å². The molecular weight excluding hydrogens is 176 g/mol. The first kappa shape index (κ1) is 13.0. The van der Waals surface area contributed by atoms with Crippen molar-refractivity contribution in [1.29, 1.82) is 0 Å². The van der Waals surface area contributed by atoms with Gasteiger partial charge in [-0.15, -0.1) is 6.42 Å². The molecule has 0 saturated heterocycles. The molecule has 2 atom stereocenters. The molecule has 0 spiro atoms. The van der Waals surface area contributed by atoms with Crippen LogP contribution in [0, 0.1) is 18.3 Å². The fourth-order valence-electron chi connectivity index (χ4n) is 1.06. The van der Waals surface area contributed by atoms with Crippen molar-refractivity contribution in [2.24, 2.45) is 11.7 Å². The minimum atomic E-state index is -0.470. The zero-order valence-corrected chi connectivity index (χ0v) is 9.21. The van der Waals surface area contributed by atoms with Gasteiger partial charge in [-0.3, -0.25) is 4.79 Å². The molecule has 1 amide bonds. The van der Waals surface area contributed by atoms with Gasteiger partial charge in [0.15, 0.2) is 0 Å². The van der Waals surface area contributed by atoms with Gasteiger partial charge in [-0.05, 0) is 12.3 Å². The van der Waals surface area contributed by atoms with Crippen LogP contribution in [0.15, 0.2) is 0 Å². The number of rotatable bonds is 5. The lowest BCUT2D eigenvalue weighted by Crippen LogP contribution is -2.47. The summed E-state index contributed by atoms with van der Waals surface area (Å²) in [5.41, 5.74) is 5.68. The second-order valence-electron chi connectivity index (χ2n) is 3.79. The second-order valence-corrected chi connectivity index (χ2v) is 3.79. The molecule has 0 aromatic heterocycles. The Morgan fingerprint density at radius 2 is 2.14 bits per heavy atom. The van der Waals surface area contributed by atoms with Crippen LogP contribution in [-0.4, -0.2) is 18.0 Å². The summed E-state index contributed by atoms with van der Waals surface area (Å²) in [5, 5.41) is 2.75. The van der Waals surface area contributed by atoms with Crippen molar-refractivity contribution in [2.75, 3.05) is 0 Å². The molecule has 0 aromatic rings. The summed E-state index contributed by atoms with van der Waals surface area (Å²) in [7, 11) is 0. The topological polar surface area (TPSA) is 55.1 Å². The summed E-state index contributed by atoms with van der Waals surface area (Å²) in [5.74, 6) is 2.52. The van der Waals surface area contributed by atoms with Crippen molar-refractivity contribution in [3.05, 3.63) is 0 Å². The van der Waals surface area contributed by atoms with Crippen LogP contribution in [0.25, 0.3) is 0 Å². The molecule has 0 aromatic carbocycles. The van der Waals surface area contributed by atoms with Crippen molar-refractivity contribution in [2.45, 2.75) is 45.7 Å². The van der Waals surface area contributed by atoms with Gasteiger partial charge < -0.3 is 11.1 Å². The van der Waals surface area contributed by atoms with Crippen molar-refractivity contribution in [1.82, 2.24) is 5.32 Å². The first-order chi connectivity index (χ1) is 6.52. The molecule has 0 radical (unpaired) electrons. The van der Waals surface area contributed by atoms with Crippen LogP contribution in [0.3, 0.4) is 0 Å². The molecule has 3 heteroatoms. The number of carbonyl (C=O) groups is 1. The molecule has 0 aliphatic carbocycles. The van der Waals surface area contributed by atoms with E-state index in [1.165, 1.54) is 0 Å². The Hall–Kier alpha value is -1.01. The van der Waals surface area contributed by atoms with Gasteiger partial charge in [-0.2, -0.15) is 0 Å². The van der Waals surface area contributed by atoms with Crippen LogP contribution in [0.2, 0.25) is 0 Å². The van der Waals surface area contributed by atoms with Gasteiger partial charge in [0.2, 0.25) is 5.91 Å². The van der Waals surface area contributed by atoms with Gasteiger partial charge in [-0.25, -0.2) is 0 Å². The molecule has 3 N–H and O–H groups in total. The predicted molar refractivity (Wildman–Crippen MR) is 58.5 cm³/mol. The Balaban J connectivity index is 4.10. The van der Waals surface area contributed by atoms with Gasteiger partial charge in [-0.1, -0.05) is 33.1 Å². The third-order valence-corrected chi connectivity index (χ3v) is 2.12. The molecule has 14 heavy (non-hydrogen) atoms. The van der Waals surface area contributed by atoms with Crippen molar-refractivity contribution < 1.29 is 4.79 Å². The van der Waals surface area contributed by atoms with Gasteiger partial charge in [0.1, 0.15) is 0 Å². The van der Waals surface area contributed by atoms with Crippen molar-refractivity contribution in [3.63, 3.8) is 0 Å². The van der Waals surface area contributed by atoms with E-state index in [1.807, 2.05) is 20.8 Å². The van der Waals surface area contributed by atoms with E-state index in [4.69, 9.17) is 12.2 Å². The molecule has 0 rings (SSSR count). The third-order valence-electron chi connectivity index (χ3n) is 2.12. The molecule has 0 fully saturated rings. The van der Waals surface area contributed by atoms with Crippen LogP contribution in [0.1, 0.15) is 33.6 Å². The van der Waals surface area contributed by atoms with Crippen molar-refractivity contribution in [3.8, 4) is 12.3 Å². The standard InChI is InChI=1S/C11H20N2O/c1-5-7-9(6-2)13-11(14)10(12)8(3)4/h2,8-10H,5,7,12H2,1,3-4H3,(H,13,14)/t9?,10-/m1/s1. The summed E-state index contributed by atoms with van der Waals surface area (Å²) in [6.45, 7) is 5.85. The first-order valence-electron chi connectivity index (χ1n) is 5.05. The normalized spacial score (nSPS) is 14.6. The fourth-order valence-corrected chi connectivity index (χ4v) is 1.06. The van der Waals surface area contributed by atoms with Gasteiger partial charge in [0.05, 0.1) is 12.1 Å². The van der Waals surface area contributed by atoms with Gasteiger partial charge >= 0.3 is 0 Å². The molecule has 0 heterocycles. The van der Waals surface area contributed by atoms with Crippen LogP contribution in [-0.2, 0) is 4.79 Å². The van der Waals surface area contributed by atoms with Crippen LogP contribution in [0.4, 0.5) is 0 Å². The summed E-state index contributed by atoms with van der Waals surface area (Å²) in [4.78, 5) is 11.5. The molecule has 0 saturated carbocycles.